The Bertz CT molecular complexity index is 453. The Kier molecular flexibility index (Phi) is 5.70. The van der Waals surface area contributed by atoms with Crippen molar-refractivity contribution in [2.75, 3.05) is 21.2 Å². The highest BCUT2D eigenvalue weighted by Gasteiger charge is 2.23. The zero-order chi connectivity index (χ0) is 15.2. The fraction of sp³-hybridized carbons (Fsp3) is 0.625. The molecule has 1 aliphatic carbocycles. The van der Waals surface area contributed by atoms with E-state index >= 15 is 0 Å². The van der Waals surface area contributed by atoms with Gasteiger partial charge in [0, 0.05) is 24.8 Å². The highest BCUT2D eigenvalue weighted by atomic mass is 16.5. The molecule has 0 bridgehead atoms. The number of carbonyl (C=O) groups is 1. The molecule has 21 heavy (non-hydrogen) atoms. The van der Waals surface area contributed by atoms with Gasteiger partial charge >= 0.3 is 5.97 Å². The molecule has 5 heteroatoms. The van der Waals surface area contributed by atoms with Crippen molar-refractivity contribution in [3.63, 3.8) is 0 Å². The molecule has 2 rings (SSSR count). The van der Waals surface area contributed by atoms with Crippen molar-refractivity contribution >= 4 is 5.97 Å². The first kappa shape index (κ1) is 15.9. The van der Waals surface area contributed by atoms with Crippen LogP contribution in [0.5, 0.6) is 0 Å². The second kappa shape index (κ2) is 7.52. The highest BCUT2D eigenvalue weighted by Crippen LogP contribution is 2.23. The van der Waals surface area contributed by atoms with Crippen LogP contribution in [0.4, 0.5) is 0 Å². The molecule has 0 atom stereocenters. The summed E-state index contributed by atoms with van der Waals surface area (Å²) in [5, 5.41) is 3.36. The Morgan fingerprint density at radius 1 is 1.38 bits per heavy atom. The SMILES string of the molecule is CNC1CCC(N(C)Cc2ccc(C(=O)OC)cn2)CC1. The van der Waals surface area contributed by atoms with Crippen LogP contribution < -0.4 is 5.32 Å². The maximum absolute atomic E-state index is 11.4. The molecule has 116 valence electrons. The zero-order valence-corrected chi connectivity index (χ0v) is 13.1. The lowest BCUT2D eigenvalue weighted by Gasteiger charge is -2.34. The number of carbonyl (C=O) groups excluding carboxylic acids is 1. The Balaban J connectivity index is 1.88. The number of methoxy groups -OCH3 is 1. The minimum absolute atomic E-state index is 0.340. The molecule has 1 aromatic heterocycles. The highest BCUT2D eigenvalue weighted by molar-refractivity contribution is 5.88. The molecule has 0 unspecified atom stereocenters. The van der Waals surface area contributed by atoms with Crippen LogP contribution in [0.25, 0.3) is 0 Å². The fourth-order valence-corrected chi connectivity index (χ4v) is 2.95. The quantitative estimate of drug-likeness (QED) is 0.839. The molecular weight excluding hydrogens is 266 g/mol. The molecule has 1 heterocycles. The number of pyridine rings is 1. The first-order valence-corrected chi connectivity index (χ1v) is 7.54. The number of nitrogens with one attached hydrogen (secondary N) is 1. The molecule has 1 saturated carbocycles. The fourth-order valence-electron chi connectivity index (χ4n) is 2.95. The smallest absolute Gasteiger partial charge is 0.339 e. The number of hydrogen-bond donors (Lipinski definition) is 1. The van der Waals surface area contributed by atoms with Crippen LogP contribution in [0, 0.1) is 0 Å². The molecule has 0 aliphatic heterocycles. The van der Waals surface area contributed by atoms with Gasteiger partial charge in [0.2, 0.25) is 0 Å². The minimum Gasteiger partial charge on any atom is -0.465 e. The molecule has 1 fully saturated rings. The normalized spacial score (nSPS) is 22.3. The van der Waals surface area contributed by atoms with Gasteiger partial charge in [-0.05, 0) is 51.9 Å². The van der Waals surface area contributed by atoms with Crippen LogP contribution >= 0.6 is 0 Å². The number of ether oxygens (including phenoxy) is 1. The van der Waals surface area contributed by atoms with Crippen molar-refractivity contribution in [2.45, 2.75) is 44.3 Å². The van der Waals surface area contributed by atoms with Gasteiger partial charge in [0.25, 0.3) is 0 Å². The molecule has 1 aliphatic rings. The number of aromatic nitrogens is 1. The molecule has 0 amide bonds. The summed E-state index contributed by atoms with van der Waals surface area (Å²) in [6.45, 7) is 0.816. The topological polar surface area (TPSA) is 54.5 Å². The van der Waals surface area contributed by atoms with Gasteiger partial charge in [0.05, 0.1) is 18.4 Å². The lowest BCUT2D eigenvalue weighted by Crippen LogP contribution is -2.39. The standard InChI is InChI=1S/C16H25N3O2/c1-17-13-6-8-15(9-7-13)19(2)11-14-5-4-12(10-18-14)16(20)21-3/h4-5,10,13,15,17H,6-9,11H2,1-3H3. The van der Waals surface area contributed by atoms with Gasteiger partial charge in [-0.2, -0.15) is 0 Å². The maximum Gasteiger partial charge on any atom is 0.339 e. The molecule has 0 spiro atoms. The largest absolute Gasteiger partial charge is 0.465 e. The van der Waals surface area contributed by atoms with E-state index in [2.05, 4.69) is 27.0 Å². The number of rotatable bonds is 5. The zero-order valence-electron chi connectivity index (χ0n) is 13.1. The summed E-state index contributed by atoms with van der Waals surface area (Å²) < 4.78 is 4.68. The molecule has 0 radical (unpaired) electrons. The van der Waals surface area contributed by atoms with E-state index in [-0.39, 0.29) is 5.97 Å². The van der Waals surface area contributed by atoms with E-state index in [4.69, 9.17) is 0 Å². The van der Waals surface area contributed by atoms with Gasteiger partial charge in [0.1, 0.15) is 0 Å². The summed E-state index contributed by atoms with van der Waals surface area (Å²) in [7, 11) is 5.58. The van der Waals surface area contributed by atoms with Crippen LogP contribution in [0.15, 0.2) is 18.3 Å². The Hall–Kier alpha value is -1.46. The first-order chi connectivity index (χ1) is 10.1. The van der Waals surface area contributed by atoms with Gasteiger partial charge < -0.3 is 10.1 Å². The third-order valence-corrected chi connectivity index (χ3v) is 4.39. The van der Waals surface area contributed by atoms with E-state index < -0.39 is 0 Å². The lowest BCUT2D eigenvalue weighted by atomic mass is 9.90. The molecular formula is C16H25N3O2. The van der Waals surface area contributed by atoms with Crippen LogP contribution in [0.3, 0.4) is 0 Å². The average Bonchev–Trinajstić information content (AvgIpc) is 2.55. The van der Waals surface area contributed by atoms with Crippen LogP contribution in [-0.2, 0) is 11.3 Å². The summed E-state index contributed by atoms with van der Waals surface area (Å²) in [4.78, 5) is 18.1. The molecule has 1 N–H and O–H groups in total. The van der Waals surface area contributed by atoms with E-state index in [1.54, 1.807) is 12.3 Å². The Morgan fingerprint density at radius 3 is 2.62 bits per heavy atom. The number of nitrogens with zero attached hydrogens (tertiary/aromatic N) is 2. The summed E-state index contributed by atoms with van der Waals surface area (Å²) in [6, 6.07) is 4.98. The lowest BCUT2D eigenvalue weighted by molar-refractivity contribution is 0.0600. The second-order valence-electron chi connectivity index (χ2n) is 5.74. The van der Waals surface area contributed by atoms with Crippen molar-refractivity contribution in [3.8, 4) is 0 Å². The monoisotopic (exact) mass is 291 g/mol. The average molecular weight is 291 g/mol. The summed E-state index contributed by atoms with van der Waals surface area (Å²) in [5.41, 5.74) is 1.49. The Morgan fingerprint density at radius 2 is 2.10 bits per heavy atom. The second-order valence-corrected chi connectivity index (χ2v) is 5.74. The van der Waals surface area contributed by atoms with Gasteiger partial charge in [-0.25, -0.2) is 4.79 Å². The van der Waals surface area contributed by atoms with Crippen LogP contribution in [-0.4, -0.2) is 49.1 Å². The van der Waals surface area contributed by atoms with Gasteiger partial charge in [0.15, 0.2) is 0 Å². The molecule has 1 aromatic rings. The predicted octanol–water partition coefficient (Wildman–Crippen LogP) is 1.83. The Labute approximate surface area is 126 Å². The van der Waals surface area contributed by atoms with E-state index in [0.717, 1.165) is 12.2 Å². The third-order valence-electron chi connectivity index (χ3n) is 4.39. The van der Waals surface area contributed by atoms with Crippen molar-refractivity contribution in [1.29, 1.82) is 0 Å². The van der Waals surface area contributed by atoms with E-state index in [0.29, 0.717) is 17.6 Å². The summed E-state index contributed by atoms with van der Waals surface area (Å²) in [5.74, 6) is -0.340. The van der Waals surface area contributed by atoms with Crippen LogP contribution in [0.2, 0.25) is 0 Å². The summed E-state index contributed by atoms with van der Waals surface area (Å²) >= 11 is 0. The maximum atomic E-state index is 11.4. The van der Waals surface area contributed by atoms with Crippen molar-refractivity contribution in [2.24, 2.45) is 0 Å². The third kappa shape index (κ3) is 4.25. The van der Waals surface area contributed by atoms with Gasteiger partial charge in [-0.15, -0.1) is 0 Å². The summed E-state index contributed by atoms with van der Waals surface area (Å²) in [6.07, 6.45) is 6.51. The molecule has 0 saturated heterocycles. The van der Waals surface area contributed by atoms with Crippen molar-refractivity contribution < 1.29 is 9.53 Å². The van der Waals surface area contributed by atoms with Crippen molar-refractivity contribution in [1.82, 2.24) is 15.2 Å². The predicted molar refractivity (Wildman–Crippen MR) is 82.1 cm³/mol. The van der Waals surface area contributed by atoms with E-state index in [9.17, 15) is 4.79 Å². The van der Waals surface area contributed by atoms with Crippen LogP contribution in [0.1, 0.15) is 41.7 Å². The van der Waals surface area contributed by atoms with Crippen molar-refractivity contribution in [3.05, 3.63) is 29.6 Å². The minimum atomic E-state index is -0.340. The van der Waals surface area contributed by atoms with E-state index in [1.807, 2.05) is 13.1 Å². The molecule has 0 aromatic carbocycles. The number of esters is 1. The van der Waals surface area contributed by atoms with Gasteiger partial charge in [-0.3, -0.25) is 9.88 Å². The first-order valence-electron chi connectivity index (χ1n) is 7.54. The molecule has 5 nitrogen and oxygen atoms in total. The van der Waals surface area contributed by atoms with E-state index in [1.165, 1.54) is 32.8 Å². The number of hydrogen-bond acceptors (Lipinski definition) is 5. The van der Waals surface area contributed by atoms with Gasteiger partial charge in [-0.1, -0.05) is 0 Å².